The number of para-hydroxylation sites is 1. The van der Waals surface area contributed by atoms with E-state index in [1.807, 2.05) is 12.1 Å². The first kappa shape index (κ1) is 9.03. The molecule has 0 radical (unpaired) electrons. The van der Waals surface area contributed by atoms with E-state index in [0.29, 0.717) is 0 Å². The Morgan fingerprint density at radius 1 is 1.38 bits per heavy atom. The smallest absolute Gasteiger partial charge is 0.0484 e. The van der Waals surface area contributed by atoms with Crippen molar-refractivity contribution < 1.29 is 0 Å². The van der Waals surface area contributed by atoms with Crippen LogP contribution in [0.2, 0.25) is 0 Å². The maximum atomic E-state index is 3.51. The average molecular weight is 241 g/mol. The highest BCUT2D eigenvalue weighted by molar-refractivity contribution is 9.10. The summed E-state index contributed by atoms with van der Waals surface area (Å²) in [5.74, 6) is 0.798. The molecule has 0 amide bonds. The Labute approximate surface area is 86.9 Å². The average Bonchev–Trinajstić information content (AvgIpc) is 2.05. The van der Waals surface area contributed by atoms with Crippen LogP contribution in [0.25, 0.3) is 0 Å². The molecule has 0 spiro atoms. The number of benzene rings is 1. The maximum Gasteiger partial charge on any atom is 0.0484 e. The van der Waals surface area contributed by atoms with Crippen molar-refractivity contribution in [3.8, 4) is 0 Å². The second-order valence-corrected chi connectivity index (χ2v) is 4.24. The van der Waals surface area contributed by atoms with Gasteiger partial charge in [0, 0.05) is 35.7 Å². The quantitative estimate of drug-likeness (QED) is 0.846. The van der Waals surface area contributed by atoms with Crippen LogP contribution in [0.3, 0.4) is 0 Å². The molecule has 1 aromatic carbocycles. The van der Waals surface area contributed by atoms with Crippen LogP contribution in [0.5, 0.6) is 0 Å². The molecule has 1 aromatic rings. The van der Waals surface area contributed by atoms with Crippen molar-refractivity contribution >= 4 is 21.6 Å². The van der Waals surface area contributed by atoms with E-state index in [0.717, 1.165) is 30.0 Å². The Balaban J connectivity index is 1.89. The van der Waals surface area contributed by atoms with Crippen LogP contribution < -0.4 is 10.6 Å². The zero-order valence-electron chi connectivity index (χ0n) is 7.39. The summed E-state index contributed by atoms with van der Waals surface area (Å²) in [5, 5.41) is 6.69. The zero-order valence-corrected chi connectivity index (χ0v) is 8.97. The Kier molecular flexibility index (Phi) is 2.86. The van der Waals surface area contributed by atoms with Gasteiger partial charge in [-0.05, 0) is 28.1 Å². The fourth-order valence-electron chi connectivity index (χ4n) is 1.35. The highest BCUT2D eigenvalue weighted by atomic mass is 79.9. The van der Waals surface area contributed by atoms with Gasteiger partial charge in [-0.3, -0.25) is 0 Å². The molecule has 2 rings (SSSR count). The highest BCUT2D eigenvalue weighted by Gasteiger charge is 2.15. The first-order valence-corrected chi connectivity index (χ1v) is 5.34. The highest BCUT2D eigenvalue weighted by Crippen LogP contribution is 2.21. The lowest BCUT2D eigenvalue weighted by molar-refractivity contribution is 0.365. The van der Waals surface area contributed by atoms with Crippen molar-refractivity contribution in [1.82, 2.24) is 5.32 Å². The number of rotatable bonds is 3. The molecule has 13 heavy (non-hydrogen) atoms. The monoisotopic (exact) mass is 240 g/mol. The third-order valence-electron chi connectivity index (χ3n) is 2.32. The van der Waals surface area contributed by atoms with Gasteiger partial charge in [-0.15, -0.1) is 0 Å². The fourth-order valence-corrected chi connectivity index (χ4v) is 1.78. The van der Waals surface area contributed by atoms with Gasteiger partial charge in [0.1, 0.15) is 0 Å². The van der Waals surface area contributed by atoms with Gasteiger partial charge in [-0.25, -0.2) is 0 Å². The summed E-state index contributed by atoms with van der Waals surface area (Å²) >= 11 is 3.51. The molecule has 3 heteroatoms. The van der Waals surface area contributed by atoms with Gasteiger partial charge in [0.05, 0.1) is 0 Å². The van der Waals surface area contributed by atoms with Crippen LogP contribution in [-0.2, 0) is 0 Å². The molecule has 0 saturated carbocycles. The molecule has 0 bridgehead atoms. The van der Waals surface area contributed by atoms with E-state index in [-0.39, 0.29) is 0 Å². The van der Waals surface area contributed by atoms with Gasteiger partial charge in [-0.1, -0.05) is 12.1 Å². The summed E-state index contributed by atoms with van der Waals surface area (Å²) in [6.45, 7) is 3.37. The summed E-state index contributed by atoms with van der Waals surface area (Å²) in [4.78, 5) is 0. The van der Waals surface area contributed by atoms with E-state index < -0.39 is 0 Å². The van der Waals surface area contributed by atoms with E-state index in [2.05, 4.69) is 38.7 Å². The number of hydrogen-bond donors (Lipinski definition) is 2. The van der Waals surface area contributed by atoms with Crippen molar-refractivity contribution in [2.75, 3.05) is 25.0 Å². The molecule has 1 aliphatic rings. The van der Waals surface area contributed by atoms with E-state index in [9.17, 15) is 0 Å². The number of halogens is 1. The van der Waals surface area contributed by atoms with Gasteiger partial charge >= 0.3 is 0 Å². The normalized spacial score (nSPS) is 16.7. The van der Waals surface area contributed by atoms with Gasteiger partial charge in [0.15, 0.2) is 0 Å². The molecular weight excluding hydrogens is 228 g/mol. The Morgan fingerprint density at radius 3 is 2.77 bits per heavy atom. The Morgan fingerprint density at radius 2 is 2.15 bits per heavy atom. The van der Waals surface area contributed by atoms with Gasteiger partial charge < -0.3 is 10.6 Å². The van der Waals surface area contributed by atoms with Crippen molar-refractivity contribution in [2.45, 2.75) is 0 Å². The van der Waals surface area contributed by atoms with E-state index in [1.54, 1.807) is 0 Å². The van der Waals surface area contributed by atoms with Crippen LogP contribution in [0.4, 0.5) is 5.69 Å². The summed E-state index contributed by atoms with van der Waals surface area (Å²) in [6, 6.07) is 8.23. The predicted molar refractivity (Wildman–Crippen MR) is 59.0 cm³/mol. The fraction of sp³-hybridized carbons (Fsp3) is 0.400. The molecular formula is C10H13BrN2. The largest absolute Gasteiger partial charge is 0.384 e. The van der Waals surface area contributed by atoms with Gasteiger partial charge in [0.2, 0.25) is 0 Å². The number of anilines is 1. The SMILES string of the molecule is Brc1ccccc1NCC1CNC1. The molecule has 2 nitrogen and oxygen atoms in total. The van der Waals surface area contributed by atoms with Crippen LogP contribution >= 0.6 is 15.9 Å². The summed E-state index contributed by atoms with van der Waals surface area (Å²) < 4.78 is 1.14. The number of hydrogen-bond acceptors (Lipinski definition) is 2. The minimum absolute atomic E-state index is 0.798. The van der Waals surface area contributed by atoms with Crippen LogP contribution in [0.15, 0.2) is 28.7 Å². The molecule has 1 heterocycles. The van der Waals surface area contributed by atoms with Crippen molar-refractivity contribution in [1.29, 1.82) is 0 Å². The molecule has 0 aromatic heterocycles. The summed E-state index contributed by atoms with van der Waals surface area (Å²) in [5.41, 5.74) is 1.19. The molecule has 2 N–H and O–H groups in total. The second-order valence-electron chi connectivity index (χ2n) is 3.39. The minimum atomic E-state index is 0.798. The van der Waals surface area contributed by atoms with Crippen molar-refractivity contribution in [3.05, 3.63) is 28.7 Å². The van der Waals surface area contributed by atoms with Crippen LogP contribution in [0, 0.1) is 5.92 Å². The molecule has 1 aliphatic heterocycles. The van der Waals surface area contributed by atoms with Crippen LogP contribution in [-0.4, -0.2) is 19.6 Å². The molecule has 0 atom stereocenters. The van der Waals surface area contributed by atoms with Crippen LogP contribution in [0.1, 0.15) is 0 Å². The van der Waals surface area contributed by atoms with Gasteiger partial charge in [0.25, 0.3) is 0 Å². The van der Waals surface area contributed by atoms with E-state index in [1.165, 1.54) is 5.69 Å². The second kappa shape index (κ2) is 4.11. The molecule has 1 saturated heterocycles. The predicted octanol–water partition coefficient (Wildman–Crippen LogP) is 2.08. The molecule has 70 valence electrons. The maximum absolute atomic E-state index is 3.51. The minimum Gasteiger partial charge on any atom is -0.384 e. The van der Waals surface area contributed by atoms with Gasteiger partial charge in [-0.2, -0.15) is 0 Å². The summed E-state index contributed by atoms with van der Waals surface area (Å²) in [7, 11) is 0. The first-order valence-electron chi connectivity index (χ1n) is 4.55. The Bertz CT molecular complexity index is 284. The lowest BCUT2D eigenvalue weighted by Gasteiger charge is -2.27. The molecule has 0 aliphatic carbocycles. The standard InChI is InChI=1S/C10H13BrN2/c11-9-3-1-2-4-10(9)13-7-8-5-12-6-8/h1-4,8,12-13H,5-7H2. The molecule has 1 fully saturated rings. The van der Waals surface area contributed by atoms with Crippen molar-refractivity contribution in [3.63, 3.8) is 0 Å². The first-order chi connectivity index (χ1) is 6.36. The van der Waals surface area contributed by atoms with E-state index in [4.69, 9.17) is 0 Å². The topological polar surface area (TPSA) is 24.1 Å². The van der Waals surface area contributed by atoms with E-state index >= 15 is 0 Å². The van der Waals surface area contributed by atoms with Crippen molar-refractivity contribution in [2.24, 2.45) is 5.92 Å². The lowest BCUT2D eigenvalue weighted by atomic mass is 10.0. The Hall–Kier alpha value is -0.540. The molecule has 0 unspecified atom stereocenters. The number of nitrogens with one attached hydrogen (secondary N) is 2. The third kappa shape index (κ3) is 2.23. The zero-order chi connectivity index (χ0) is 9.10. The third-order valence-corrected chi connectivity index (χ3v) is 3.01. The lowest BCUT2D eigenvalue weighted by Crippen LogP contribution is -2.45. The summed E-state index contributed by atoms with van der Waals surface area (Å²) in [6.07, 6.45) is 0.